The van der Waals surface area contributed by atoms with Crippen LogP contribution in [-0.2, 0) is 11.3 Å². The van der Waals surface area contributed by atoms with E-state index in [1.807, 2.05) is 0 Å². The lowest BCUT2D eigenvalue weighted by molar-refractivity contribution is -0.127. The predicted molar refractivity (Wildman–Crippen MR) is 77.1 cm³/mol. The minimum absolute atomic E-state index is 0.103. The third-order valence-electron chi connectivity index (χ3n) is 2.96. The zero-order chi connectivity index (χ0) is 15.2. The van der Waals surface area contributed by atoms with Gasteiger partial charge in [0, 0.05) is 0 Å². The molecular formula is C16H17NO4. The number of ether oxygens (including phenoxy) is 1. The number of carbonyl (C=O) groups is 2. The molecule has 1 unspecified atom stereocenters. The Morgan fingerprint density at radius 1 is 1.24 bits per heavy atom. The minimum atomic E-state index is -0.708. The summed E-state index contributed by atoms with van der Waals surface area (Å²) in [5, 5.41) is 2.71. The van der Waals surface area contributed by atoms with Gasteiger partial charge in [0.05, 0.1) is 18.4 Å². The topological polar surface area (TPSA) is 68.5 Å². The number of Topliss-reactive ketones (excluding diaryl/α,β-unsaturated/α-hetero) is 1. The third kappa shape index (κ3) is 3.95. The van der Waals surface area contributed by atoms with Crippen molar-refractivity contribution in [3.8, 4) is 5.75 Å². The number of ketones is 1. The predicted octanol–water partition coefficient (Wildman–Crippen LogP) is 2.57. The second-order valence-electron chi connectivity index (χ2n) is 4.61. The van der Waals surface area contributed by atoms with E-state index < -0.39 is 6.10 Å². The van der Waals surface area contributed by atoms with Crippen molar-refractivity contribution in [2.24, 2.45) is 0 Å². The number of rotatable bonds is 6. The van der Waals surface area contributed by atoms with E-state index in [2.05, 4.69) is 5.32 Å². The van der Waals surface area contributed by atoms with Gasteiger partial charge >= 0.3 is 0 Å². The van der Waals surface area contributed by atoms with E-state index >= 15 is 0 Å². The molecule has 5 nitrogen and oxygen atoms in total. The number of furan rings is 1. The molecule has 1 aromatic heterocycles. The second kappa shape index (κ2) is 6.74. The Labute approximate surface area is 122 Å². The first kappa shape index (κ1) is 14.8. The summed E-state index contributed by atoms with van der Waals surface area (Å²) >= 11 is 0. The molecule has 1 amide bonds. The molecule has 0 aliphatic heterocycles. The standard InChI is InChI=1S/C16H17NO4/c1-11(18)14-7-3-4-8-15(14)21-12(2)16(19)17-10-13-6-5-9-20-13/h3-9,12H,10H2,1-2H3,(H,17,19). The summed E-state index contributed by atoms with van der Waals surface area (Å²) in [5.41, 5.74) is 0.461. The average molecular weight is 287 g/mol. The van der Waals surface area contributed by atoms with Crippen molar-refractivity contribution in [3.05, 3.63) is 54.0 Å². The van der Waals surface area contributed by atoms with E-state index in [1.165, 1.54) is 6.92 Å². The molecule has 110 valence electrons. The summed E-state index contributed by atoms with van der Waals surface area (Å²) in [5.74, 6) is 0.698. The maximum absolute atomic E-state index is 12.0. The second-order valence-corrected chi connectivity index (χ2v) is 4.61. The summed E-state index contributed by atoms with van der Waals surface area (Å²) in [6, 6.07) is 10.4. The van der Waals surface area contributed by atoms with Crippen molar-refractivity contribution in [1.29, 1.82) is 0 Å². The zero-order valence-electron chi connectivity index (χ0n) is 12.0. The highest BCUT2D eigenvalue weighted by molar-refractivity contribution is 5.96. The van der Waals surface area contributed by atoms with Crippen LogP contribution in [0.3, 0.4) is 0 Å². The van der Waals surface area contributed by atoms with Crippen LogP contribution in [0.2, 0.25) is 0 Å². The SMILES string of the molecule is CC(=O)c1ccccc1OC(C)C(=O)NCc1ccco1. The fraction of sp³-hybridized carbons (Fsp3) is 0.250. The van der Waals surface area contributed by atoms with Gasteiger partial charge in [-0.2, -0.15) is 0 Å². The Hall–Kier alpha value is -2.56. The maximum atomic E-state index is 12.0. The Kier molecular flexibility index (Phi) is 4.77. The van der Waals surface area contributed by atoms with Crippen LogP contribution in [0.5, 0.6) is 5.75 Å². The number of carbonyl (C=O) groups excluding carboxylic acids is 2. The van der Waals surface area contributed by atoms with Gasteiger partial charge in [-0.05, 0) is 38.1 Å². The van der Waals surface area contributed by atoms with Gasteiger partial charge in [-0.3, -0.25) is 9.59 Å². The smallest absolute Gasteiger partial charge is 0.261 e. The number of benzene rings is 1. The van der Waals surface area contributed by atoms with Gasteiger partial charge in [0.2, 0.25) is 0 Å². The minimum Gasteiger partial charge on any atom is -0.480 e. The first-order valence-electron chi connectivity index (χ1n) is 6.64. The molecule has 0 aliphatic carbocycles. The molecule has 2 aromatic rings. The lowest BCUT2D eigenvalue weighted by Crippen LogP contribution is -2.36. The van der Waals surface area contributed by atoms with Gasteiger partial charge < -0.3 is 14.5 Å². The molecule has 0 radical (unpaired) electrons. The molecule has 1 heterocycles. The van der Waals surface area contributed by atoms with Crippen LogP contribution in [-0.4, -0.2) is 17.8 Å². The van der Waals surface area contributed by atoms with Gasteiger partial charge in [-0.1, -0.05) is 12.1 Å². The lowest BCUT2D eigenvalue weighted by atomic mass is 10.1. The van der Waals surface area contributed by atoms with Crippen LogP contribution in [0.1, 0.15) is 30.0 Å². The number of amides is 1. The highest BCUT2D eigenvalue weighted by Crippen LogP contribution is 2.19. The normalized spacial score (nSPS) is 11.7. The van der Waals surface area contributed by atoms with E-state index in [-0.39, 0.29) is 11.7 Å². The molecule has 0 bridgehead atoms. The van der Waals surface area contributed by atoms with Crippen molar-refractivity contribution in [3.63, 3.8) is 0 Å². The molecule has 0 saturated carbocycles. The summed E-state index contributed by atoms with van der Waals surface area (Å²) in [4.78, 5) is 23.5. The van der Waals surface area contributed by atoms with E-state index in [0.717, 1.165) is 0 Å². The summed E-state index contributed by atoms with van der Waals surface area (Å²) < 4.78 is 10.7. The molecule has 1 aromatic carbocycles. The van der Waals surface area contributed by atoms with Crippen LogP contribution >= 0.6 is 0 Å². The van der Waals surface area contributed by atoms with Crippen LogP contribution in [0.25, 0.3) is 0 Å². The van der Waals surface area contributed by atoms with Crippen LogP contribution in [0, 0.1) is 0 Å². The highest BCUT2D eigenvalue weighted by Gasteiger charge is 2.17. The highest BCUT2D eigenvalue weighted by atomic mass is 16.5. The number of para-hydroxylation sites is 1. The summed E-state index contributed by atoms with van der Waals surface area (Å²) in [6.07, 6.45) is 0.838. The molecule has 0 aliphatic rings. The van der Waals surface area contributed by atoms with Crippen molar-refractivity contribution < 1.29 is 18.7 Å². The maximum Gasteiger partial charge on any atom is 0.261 e. The monoisotopic (exact) mass is 287 g/mol. The molecule has 0 spiro atoms. The van der Waals surface area contributed by atoms with Crippen molar-refractivity contribution >= 4 is 11.7 Å². The van der Waals surface area contributed by atoms with Crippen molar-refractivity contribution in [2.45, 2.75) is 26.5 Å². The lowest BCUT2D eigenvalue weighted by Gasteiger charge is -2.16. The van der Waals surface area contributed by atoms with Gasteiger partial charge in [0.25, 0.3) is 5.91 Å². The van der Waals surface area contributed by atoms with Gasteiger partial charge in [-0.15, -0.1) is 0 Å². The first-order chi connectivity index (χ1) is 10.1. The van der Waals surface area contributed by atoms with Crippen LogP contribution in [0.4, 0.5) is 0 Å². The first-order valence-corrected chi connectivity index (χ1v) is 6.64. The van der Waals surface area contributed by atoms with Crippen LogP contribution < -0.4 is 10.1 Å². The quantitative estimate of drug-likeness (QED) is 0.829. The molecule has 2 rings (SSSR count). The number of hydrogen-bond acceptors (Lipinski definition) is 4. The molecular weight excluding hydrogens is 270 g/mol. The molecule has 1 atom stereocenters. The summed E-state index contributed by atoms with van der Waals surface area (Å²) in [6.45, 7) is 3.39. The Morgan fingerprint density at radius 2 is 2.00 bits per heavy atom. The van der Waals surface area contributed by atoms with E-state index in [0.29, 0.717) is 23.6 Å². The van der Waals surface area contributed by atoms with Crippen molar-refractivity contribution in [1.82, 2.24) is 5.32 Å². The largest absolute Gasteiger partial charge is 0.480 e. The van der Waals surface area contributed by atoms with Gasteiger partial charge in [0.1, 0.15) is 11.5 Å². The molecule has 21 heavy (non-hydrogen) atoms. The number of nitrogens with one attached hydrogen (secondary N) is 1. The Bertz CT molecular complexity index is 619. The van der Waals surface area contributed by atoms with E-state index in [4.69, 9.17) is 9.15 Å². The average Bonchev–Trinajstić information content (AvgIpc) is 2.98. The third-order valence-corrected chi connectivity index (χ3v) is 2.96. The fourth-order valence-electron chi connectivity index (χ4n) is 1.84. The number of hydrogen-bond donors (Lipinski definition) is 1. The summed E-state index contributed by atoms with van der Waals surface area (Å²) in [7, 11) is 0. The van der Waals surface area contributed by atoms with E-state index in [1.54, 1.807) is 49.6 Å². The van der Waals surface area contributed by atoms with Crippen molar-refractivity contribution in [2.75, 3.05) is 0 Å². The van der Waals surface area contributed by atoms with E-state index in [9.17, 15) is 9.59 Å². The Morgan fingerprint density at radius 3 is 2.67 bits per heavy atom. The zero-order valence-corrected chi connectivity index (χ0v) is 12.0. The molecule has 1 N–H and O–H groups in total. The molecule has 0 saturated heterocycles. The molecule has 0 fully saturated rings. The van der Waals surface area contributed by atoms with Crippen LogP contribution in [0.15, 0.2) is 47.1 Å². The van der Waals surface area contributed by atoms with Gasteiger partial charge in [0.15, 0.2) is 11.9 Å². The Balaban J connectivity index is 1.96. The van der Waals surface area contributed by atoms with Gasteiger partial charge in [-0.25, -0.2) is 0 Å². The fourth-order valence-corrected chi connectivity index (χ4v) is 1.84. The molecule has 5 heteroatoms.